The van der Waals surface area contributed by atoms with Crippen LogP contribution in [0.3, 0.4) is 0 Å². The maximum absolute atomic E-state index is 4.68. The highest BCUT2D eigenvalue weighted by molar-refractivity contribution is 7.99. The highest BCUT2D eigenvalue weighted by Crippen LogP contribution is 2.37. The molecule has 0 radical (unpaired) electrons. The van der Waals surface area contributed by atoms with Crippen molar-refractivity contribution in [2.75, 3.05) is 38.1 Å². The predicted octanol–water partition coefficient (Wildman–Crippen LogP) is 7.95. The number of anilines is 1. The van der Waals surface area contributed by atoms with Crippen molar-refractivity contribution in [1.82, 2.24) is 14.9 Å². The van der Waals surface area contributed by atoms with Gasteiger partial charge in [-0.05, 0) is 83.9 Å². The first-order valence-electron chi connectivity index (χ1n) is 13.5. The molecule has 1 fully saturated rings. The molecule has 192 valence electrons. The van der Waals surface area contributed by atoms with Gasteiger partial charge in [-0.2, -0.15) is 0 Å². The maximum atomic E-state index is 4.68. The van der Waals surface area contributed by atoms with Crippen molar-refractivity contribution in [2.45, 2.75) is 9.79 Å². The lowest BCUT2D eigenvalue weighted by Gasteiger charge is -2.34. The summed E-state index contributed by atoms with van der Waals surface area (Å²) in [4.78, 5) is 15.6. The Balaban J connectivity index is 1.22. The standard InChI is InChI=1S/C34H30N4S/c1-37-19-21-38(22-20-37)27-12-7-24(8-13-27)26-11-16-32-31(23-26)33-30(17-18-35-34(33)36-32)25-9-14-29(15-10-25)39-28-5-3-2-4-6-28/h2-18,23H,19-22H2,1H3,(H,35,36). The summed E-state index contributed by atoms with van der Waals surface area (Å²) in [5.41, 5.74) is 8.19. The van der Waals surface area contributed by atoms with E-state index in [2.05, 4.69) is 130 Å². The molecule has 7 rings (SSSR count). The number of hydrogen-bond acceptors (Lipinski definition) is 4. The van der Waals surface area contributed by atoms with Gasteiger partial charge < -0.3 is 14.8 Å². The molecule has 0 spiro atoms. The summed E-state index contributed by atoms with van der Waals surface area (Å²) in [5.74, 6) is 0. The second-order valence-electron chi connectivity index (χ2n) is 10.2. The fourth-order valence-corrected chi connectivity index (χ4v) is 6.33. The molecule has 39 heavy (non-hydrogen) atoms. The smallest absolute Gasteiger partial charge is 0.138 e. The molecular weight excluding hydrogens is 496 g/mol. The van der Waals surface area contributed by atoms with Gasteiger partial charge in [0.25, 0.3) is 0 Å². The lowest BCUT2D eigenvalue weighted by atomic mass is 9.98. The molecule has 0 saturated carbocycles. The molecule has 6 aromatic rings. The van der Waals surface area contributed by atoms with Crippen LogP contribution in [0.1, 0.15) is 0 Å². The number of aromatic amines is 1. The topological polar surface area (TPSA) is 35.2 Å². The second kappa shape index (κ2) is 10.3. The minimum Gasteiger partial charge on any atom is -0.369 e. The number of piperazine rings is 1. The van der Waals surface area contributed by atoms with Gasteiger partial charge in [-0.15, -0.1) is 0 Å². The number of benzene rings is 4. The van der Waals surface area contributed by atoms with Crippen LogP contribution in [0.25, 0.3) is 44.2 Å². The number of H-pyrrole nitrogens is 1. The first-order chi connectivity index (χ1) is 19.2. The molecule has 1 N–H and O–H groups in total. The van der Waals surface area contributed by atoms with Crippen molar-refractivity contribution >= 4 is 39.4 Å². The lowest BCUT2D eigenvalue weighted by molar-refractivity contribution is 0.313. The number of aromatic nitrogens is 2. The quantitative estimate of drug-likeness (QED) is 0.247. The lowest BCUT2D eigenvalue weighted by Crippen LogP contribution is -2.44. The highest BCUT2D eigenvalue weighted by atomic mass is 32.2. The van der Waals surface area contributed by atoms with Crippen LogP contribution >= 0.6 is 11.8 Å². The van der Waals surface area contributed by atoms with Crippen LogP contribution in [0.4, 0.5) is 5.69 Å². The Labute approximate surface area is 233 Å². The summed E-state index contributed by atoms with van der Waals surface area (Å²) in [5, 5.41) is 2.38. The fraction of sp³-hybridized carbons (Fsp3) is 0.147. The summed E-state index contributed by atoms with van der Waals surface area (Å²) in [6.45, 7) is 4.39. The Morgan fingerprint density at radius 1 is 0.692 bits per heavy atom. The molecule has 0 aliphatic carbocycles. The van der Waals surface area contributed by atoms with E-state index in [9.17, 15) is 0 Å². The molecular formula is C34H30N4S. The largest absolute Gasteiger partial charge is 0.369 e. The molecule has 2 aromatic heterocycles. The van der Waals surface area contributed by atoms with Gasteiger partial charge in [0.1, 0.15) is 5.65 Å². The van der Waals surface area contributed by atoms with Crippen LogP contribution in [-0.2, 0) is 0 Å². The Morgan fingerprint density at radius 3 is 2.15 bits per heavy atom. The molecule has 0 unspecified atom stereocenters. The summed E-state index contributed by atoms with van der Waals surface area (Å²) < 4.78 is 0. The third-order valence-electron chi connectivity index (χ3n) is 7.71. The second-order valence-corrected chi connectivity index (χ2v) is 11.4. The number of pyridine rings is 1. The molecule has 3 heterocycles. The molecule has 1 aliphatic heterocycles. The van der Waals surface area contributed by atoms with E-state index in [1.165, 1.54) is 48.5 Å². The van der Waals surface area contributed by atoms with Gasteiger partial charge in [-0.25, -0.2) is 4.98 Å². The fourth-order valence-electron chi connectivity index (χ4n) is 5.49. The summed E-state index contributed by atoms with van der Waals surface area (Å²) in [6.07, 6.45) is 1.90. The summed E-state index contributed by atoms with van der Waals surface area (Å²) in [7, 11) is 2.20. The monoisotopic (exact) mass is 526 g/mol. The number of hydrogen-bond donors (Lipinski definition) is 1. The first kappa shape index (κ1) is 24.0. The van der Waals surface area contributed by atoms with Crippen LogP contribution in [-0.4, -0.2) is 48.1 Å². The number of nitrogens with zero attached hydrogens (tertiary/aromatic N) is 3. The van der Waals surface area contributed by atoms with Gasteiger partial charge in [-0.1, -0.05) is 60.3 Å². The highest BCUT2D eigenvalue weighted by Gasteiger charge is 2.15. The van der Waals surface area contributed by atoms with Gasteiger partial charge in [0.05, 0.1) is 0 Å². The Kier molecular flexibility index (Phi) is 6.31. The van der Waals surface area contributed by atoms with E-state index >= 15 is 0 Å². The van der Waals surface area contributed by atoms with Gasteiger partial charge >= 0.3 is 0 Å². The van der Waals surface area contributed by atoms with E-state index in [-0.39, 0.29) is 0 Å². The van der Waals surface area contributed by atoms with E-state index in [0.717, 1.165) is 37.3 Å². The Bertz CT molecular complexity index is 1730. The van der Waals surface area contributed by atoms with Gasteiger partial charge in [0.15, 0.2) is 0 Å². The van der Waals surface area contributed by atoms with Crippen molar-refractivity contribution in [3.63, 3.8) is 0 Å². The van der Waals surface area contributed by atoms with Crippen LogP contribution in [0.15, 0.2) is 119 Å². The first-order valence-corrected chi connectivity index (χ1v) is 14.3. The zero-order valence-electron chi connectivity index (χ0n) is 22.0. The number of fused-ring (bicyclic) bond motifs is 3. The van der Waals surface area contributed by atoms with E-state index in [1.54, 1.807) is 11.8 Å². The average Bonchev–Trinajstić information content (AvgIpc) is 3.37. The number of likely N-dealkylation sites (N-methyl/N-ethyl adjacent to an activating group) is 1. The maximum Gasteiger partial charge on any atom is 0.138 e. The number of rotatable bonds is 5. The Hall–Kier alpha value is -4.06. The van der Waals surface area contributed by atoms with E-state index in [4.69, 9.17) is 0 Å². The van der Waals surface area contributed by atoms with Crippen LogP contribution in [0, 0.1) is 0 Å². The van der Waals surface area contributed by atoms with Crippen molar-refractivity contribution in [3.05, 3.63) is 109 Å². The van der Waals surface area contributed by atoms with Gasteiger partial charge in [0, 0.05) is 64.1 Å². The van der Waals surface area contributed by atoms with Crippen molar-refractivity contribution < 1.29 is 0 Å². The van der Waals surface area contributed by atoms with E-state index in [1.807, 2.05) is 6.20 Å². The van der Waals surface area contributed by atoms with E-state index in [0.29, 0.717) is 0 Å². The average molecular weight is 527 g/mol. The predicted molar refractivity (Wildman–Crippen MR) is 165 cm³/mol. The van der Waals surface area contributed by atoms with Gasteiger partial charge in [-0.3, -0.25) is 0 Å². The normalized spacial score (nSPS) is 14.3. The molecule has 1 aliphatic rings. The Morgan fingerprint density at radius 2 is 1.38 bits per heavy atom. The van der Waals surface area contributed by atoms with Crippen molar-refractivity contribution in [2.24, 2.45) is 0 Å². The van der Waals surface area contributed by atoms with Crippen LogP contribution < -0.4 is 4.90 Å². The minimum atomic E-state index is 0.924. The molecule has 1 saturated heterocycles. The third kappa shape index (κ3) is 4.80. The summed E-state index contributed by atoms with van der Waals surface area (Å²) >= 11 is 1.79. The third-order valence-corrected chi connectivity index (χ3v) is 8.72. The van der Waals surface area contributed by atoms with E-state index < -0.39 is 0 Å². The molecule has 4 aromatic carbocycles. The molecule has 4 nitrogen and oxygen atoms in total. The summed E-state index contributed by atoms with van der Waals surface area (Å²) in [6, 6.07) is 37.2. The van der Waals surface area contributed by atoms with Crippen molar-refractivity contribution in [1.29, 1.82) is 0 Å². The van der Waals surface area contributed by atoms with Crippen LogP contribution in [0.5, 0.6) is 0 Å². The zero-order valence-corrected chi connectivity index (χ0v) is 22.8. The minimum absolute atomic E-state index is 0.924. The molecule has 0 atom stereocenters. The SMILES string of the molecule is CN1CCN(c2ccc(-c3ccc4[nH]c5nccc(-c6ccc(Sc7ccccc7)cc6)c5c4c3)cc2)CC1. The van der Waals surface area contributed by atoms with Gasteiger partial charge in [0.2, 0.25) is 0 Å². The molecule has 0 bridgehead atoms. The molecule has 5 heteroatoms. The number of nitrogens with one attached hydrogen (secondary N) is 1. The molecule has 0 amide bonds. The zero-order chi connectivity index (χ0) is 26.2. The van der Waals surface area contributed by atoms with Crippen molar-refractivity contribution in [3.8, 4) is 22.3 Å². The van der Waals surface area contributed by atoms with Crippen LogP contribution in [0.2, 0.25) is 0 Å².